The summed E-state index contributed by atoms with van der Waals surface area (Å²) in [5, 5.41) is 0. The van der Waals surface area contributed by atoms with E-state index in [-0.39, 0.29) is 70.0 Å². The van der Waals surface area contributed by atoms with Gasteiger partial charge in [0.15, 0.2) is 0 Å². The third-order valence-electron chi connectivity index (χ3n) is 0. The first-order valence-electron chi connectivity index (χ1n) is 0. The number of rotatable bonds is 0. The van der Waals surface area contributed by atoms with Crippen molar-refractivity contribution in [2.75, 3.05) is 0 Å². The van der Waals surface area contributed by atoms with Gasteiger partial charge in [-0.3, -0.25) is 0 Å². The molecule has 3 radical (unpaired) electrons. The van der Waals surface area contributed by atoms with Crippen LogP contribution in [0.15, 0.2) is 0 Å². The van der Waals surface area contributed by atoms with E-state index in [4.69, 9.17) is 0 Å². The molecule has 4 heteroatoms. The minimum Gasteiger partial charge on any atom is 0 e. The van der Waals surface area contributed by atoms with Gasteiger partial charge in [-0.2, -0.15) is 0 Å². The molecule has 0 aromatic rings. The zero-order valence-electron chi connectivity index (χ0n) is 1.86. The summed E-state index contributed by atoms with van der Waals surface area (Å²) >= 11 is 0. The Morgan fingerprint density at radius 2 is 0.750 bits per heavy atom. The summed E-state index contributed by atoms with van der Waals surface area (Å²) in [5.74, 6) is 0. The Kier molecular flexibility index (Phi) is 169. The molecule has 0 spiro atoms. The van der Waals surface area contributed by atoms with Crippen molar-refractivity contribution in [2.45, 2.75) is 0 Å². The standard InChI is InChI=1S/AsH3.As.2Fe/h1H3;;;. The summed E-state index contributed by atoms with van der Waals surface area (Å²) in [4.78, 5) is 0. The van der Waals surface area contributed by atoms with E-state index in [9.17, 15) is 0 Å². The predicted octanol–water partition coefficient (Wildman–Crippen LogP) is -1.57. The van der Waals surface area contributed by atoms with Crippen LogP contribution < -0.4 is 0 Å². The molecule has 0 aliphatic heterocycles. The Morgan fingerprint density at radius 1 is 0.750 bits per heavy atom. The second-order valence-electron chi connectivity index (χ2n) is 0. The van der Waals surface area contributed by atoms with Gasteiger partial charge in [0.25, 0.3) is 0 Å². The molecule has 0 nitrogen and oxygen atoms in total. The van der Waals surface area contributed by atoms with Crippen LogP contribution in [0.25, 0.3) is 0 Å². The Bertz CT molecular complexity index is 4.00. The molecule has 4 heavy (non-hydrogen) atoms. The maximum Gasteiger partial charge on any atom is 0 e. The molecule has 0 aliphatic rings. The number of hydrogen-bond donors (Lipinski definition) is 0. The molecule has 0 aromatic heterocycles. The largest absolute Gasteiger partial charge is 0 e. The molecule has 1 atom stereocenters. The minimum atomic E-state index is 0. The minimum absolute atomic E-state index is 0. The SMILES string of the molecule is [AsH3].[As].[Fe].[Fe]. The molecule has 0 aliphatic carbocycles. The van der Waals surface area contributed by atoms with Crippen molar-refractivity contribution >= 4 is 35.9 Å². The van der Waals surface area contributed by atoms with Crippen LogP contribution in [0.1, 0.15) is 0 Å². The Morgan fingerprint density at radius 3 is 0.750 bits per heavy atom. The van der Waals surface area contributed by atoms with E-state index in [1.165, 1.54) is 0 Å². The van der Waals surface area contributed by atoms with Crippen LogP contribution >= 0.6 is 0 Å². The summed E-state index contributed by atoms with van der Waals surface area (Å²) in [5.41, 5.74) is 0. The van der Waals surface area contributed by atoms with Gasteiger partial charge in [0, 0.05) is 52.1 Å². The molecule has 0 saturated heterocycles. The van der Waals surface area contributed by atoms with Gasteiger partial charge in [0.05, 0.1) is 0 Å². The van der Waals surface area contributed by atoms with Crippen LogP contribution in [0.3, 0.4) is 0 Å². The average Bonchev–Trinajstić information content (AvgIpc) is 0. The van der Waals surface area contributed by atoms with Crippen LogP contribution in [0.4, 0.5) is 0 Å². The second-order valence-corrected chi connectivity index (χ2v) is 0. The molecule has 29 valence electrons. The quantitative estimate of drug-likeness (QED) is 0.464. The molecule has 1 unspecified atom stereocenters. The van der Waals surface area contributed by atoms with Gasteiger partial charge < -0.3 is 0 Å². The third-order valence-corrected chi connectivity index (χ3v) is 0. The fraction of sp³-hybridized carbons (Fsp3) is 0. The van der Waals surface area contributed by atoms with Gasteiger partial charge in [-0.15, -0.1) is 0 Å². The fourth-order valence-corrected chi connectivity index (χ4v) is 0. The summed E-state index contributed by atoms with van der Waals surface area (Å²) in [7, 11) is 0. The molecule has 0 bridgehead atoms. The van der Waals surface area contributed by atoms with E-state index in [2.05, 4.69) is 0 Å². The van der Waals surface area contributed by atoms with Gasteiger partial charge >= 0.3 is 18.0 Å². The summed E-state index contributed by atoms with van der Waals surface area (Å²) in [6.07, 6.45) is 0. The molecular weight excluding hydrogens is 262 g/mol. The van der Waals surface area contributed by atoms with E-state index in [0.29, 0.717) is 0 Å². The maximum absolute atomic E-state index is 0. The van der Waals surface area contributed by atoms with Gasteiger partial charge in [0.2, 0.25) is 0 Å². The van der Waals surface area contributed by atoms with Crippen LogP contribution in [0, 0.1) is 0 Å². The summed E-state index contributed by atoms with van der Waals surface area (Å²) in [6, 6.07) is 0. The molecule has 0 N–H and O–H groups in total. The first-order valence-corrected chi connectivity index (χ1v) is 0. The van der Waals surface area contributed by atoms with E-state index in [1.807, 2.05) is 0 Å². The predicted molar refractivity (Wildman–Crippen MR) is 15.7 cm³/mol. The Labute approximate surface area is 69.4 Å². The van der Waals surface area contributed by atoms with Gasteiger partial charge in [-0.25, -0.2) is 0 Å². The van der Waals surface area contributed by atoms with Crippen LogP contribution in [0.5, 0.6) is 0 Å². The molecule has 0 amide bonds. The topological polar surface area (TPSA) is 0 Å². The number of hydrogen-bond acceptors (Lipinski definition) is 0. The van der Waals surface area contributed by atoms with E-state index >= 15 is 0 Å². The fourth-order valence-electron chi connectivity index (χ4n) is 0. The van der Waals surface area contributed by atoms with E-state index < -0.39 is 0 Å². The molecule has 0 rings (SSSR count). The van der Waals surface area contributed by atoms with E-state index in [1.54, 1.807) is 0 Å². The third kappa shape index (κ3) is 8.91. The Hall–Kier alpha value is 2.16. The molecule has 0 fully saturated rings. The van der Waals surface area contributed by atoms with Crippen LogP contribution in [-0.4, -0.2) is 35.9 Å². The molecular formula is H3As2Fe2. The van der Waals surface area contributed by atoms with Crippen molar-refractivity contribution in [3.63, 3.8) is 0 Å². The monoisotopic (exact) mass is 265 g/mol. The molecule has 0 heterocycles. The second kappa shape index (κ2) is 19.2. The zero-order valence-corrected chi connectivity index (χ0v) is 8.91. The van der Waals surface area contributed by atoms with Gasteiger partial charge in [-0.1, -0.05) is 0 Å². The van der Waals surface area contributed by atoms with Crippen LogP contribution in [-0.2, 0) is 34.1 Å². The molecule has 0 aromatic carbocycles. The first kappa shape index (κ1) is 35.2. The summed E-state index contributed by atoms with van der Waals surface area (Å²) < 4.78 is 0. The van der Waals surface area contributed by atoms with Crippen molar-refractivity contribution in [1.82, 2.24) is 0 Å². The van der Waals surface area contributed by atoms with Gasteiger partial charge in [-0.05, 0) is 0 Å². The average molecular weight is 265 g/mol. The smallest absolute Gasteiger partial charge is 0 e. The van der Waals surface area contributed by atoms with Crippen molar-refractivity contribution in [1.29, 1.82) is 0 Å². The maximum atomic E-state index is 0. The molecule has 0 saturated carbocycles. The van der Waals surface area contributed by atoms with Gasteiger partial charge in [0.1, 0.15) is 0 Å². The van der Waals surface area contributed by atoms with Crippen molar-refractivity contribution < 1.29 is 34.1 Å². The van der Waals surface area contributed by atoms with E-state index in [0.717, 1.165) is 0 Å². The normalized spacial score (nSPS) is 0. The zero-order chi connectivity index (χ0) is 0. The Balaban J connectivity index is 0. The van der Waals surface area contributed by atoms with Crippen molar-refractivity contribution in [3.05, 3.63) is 0 Å². The first-order chi connectivity index (χ1) is 0. The summed E-state index contributed by atoms with van der Waals surface area (Å²) in [6.45, 7) is 0. The van der Waals surface area contributed by atoms with Crippen molar-refractivity contribution in [2.24, 2.45) is 0 Å². The van der Waals surface area contributed by atoms with Crippen LogP contribution in [0.2, 0.25) is 0 Å². The van der Waals surface area contributed by atoms with Crippen molar-refractivity contribution in [3.8, 4) is 0 Å².